The summed E-state index contributed by atoms with van der Waals surface area (Å²) in [5, 5.41) is 7.44. The molecule has 2 aromatic heterocycles. The number of hydrogen-bond acceptors (Lipinski definition) is 6. The van der Waals surface area contributed by atoms with Crippen molar-refractivity contribution < 1.29 is 9.53 Å². The Hall–Kier alpha value is -3.00. The van der Waals surface area contributed by atoms with Crippen molar-refractivity contribution in [2.24, 2.45) is 0 Å². The van der Waals surface area contributed by atoms with Crippen LogP contribution in [0.1, 0.15) is 35.1 Å². The zero-order chi connectivity index (χ0) is 20.1. The Morgan fingerprint density at radius 3 is 2.64 bits per heavy atom. The van der Waals surface area contributed by atoms with Crippen molar-refractivity contribution in [1.82, 2.24) is 14.8 Å². The van der Waals surface area contributed by atoms with E-state index in [1.807, 2.05) is 38.1 Å². The summed E-state index contributed by atoms with van der Waals surface area (Å²) in [4.78, 5) is 29.9. The molecule has 1 aromatic carbocycles. The molecule has 0 spiro atoms. The average Bonchev–Trinajstić information content (AvgIpc) is 3.07. The number of rotatable bonds is 7. The number of nitrogens with one attached hydrogen (secondary N) is 1. The lowest BCUT2D eigenvalue weighted by atomic mass is 10.1. The maximum Gasteiger partial charge on any atom is 0.277 e. The van der Waals surface area contributed by atoms with E-state index in [0.717, 1.165) is 34.7 Å². The van der Waals surface area contributed by atoms with E-state index in [2.05, 4.69) is 15.4 Å². The number of carbonyl (C=O) groups is 1. The smallest absolute Gasteiger partial charge is 0.277 e. The van der Waals surface area contributed by atoms with Gasteiger partial charge in [-0.1, -0.05) is 13.3 Å². The molecule has 0 unspecified atom stereocenters. The van der Waals surface area contributed by atoms with Gasteiger partial charge in [0.2, 0.25) is 0 Å². The molecule has 3 aromatic rings. The fourth-order valence-electron chi connectivity index (χ4n) is 2.67. The molecule has 0 atom stereocenters. The van der Waals surface area contributed by atoms with Crippen LogP contribution in [0.25, 0.3) is 11.3 Å². The van der Waals surface area contributed by atoms with Crippen molar-refractivity contribution in [2.75, 3.05) is 12.4 Å². The number of hydrogen-bond donors (Lipinski definition) is 1. The van der Waals surface area contributed by atoms with Crippen molar-refractivity contribution in [1.29, 1.82) is 0 Å². The number of methoxy groups -OCH3 is 1. The first-order valence-corrected chi connectivity index (χ1v) is 9.85. The van der Waals surface area contributed by atoms with Crippen LogP contribution in [0.5, 0.6) is 5.75 Å². The number of nitrogens with zero attached hydrogens (tertiary/aromatic N) is 3. The van der Waals surface area contributed by atoms with E-state index >= 15 is 0 Å². The molecule has 0 fully saturated rings. The lowest BCUT2D eigenvalue weighted by molar-refractivity contribution is 0.101. The molecule has 146 valence electrons. The zero-order valence-electron chi connectivity index (χ0n) is 16.1. The van der Waals surface area contributed by atoms with Crippen LogP contribution in [0.15, 0.2) is 41.2 Å². The van der Waals surface area contributed by atoms with Gasteiger partial charge in [-0.2, -0.15) is 5.10 Å². The summed E-state index contributed by atoms with van der Waals surface area (Å²) < 4.78 is 6.51. The second-order valence-electron chi connectivity index (χ2n) is 6.24. The van der Waals surface area contributed by atoms with Crippen molar-refractivity contribution in [3.05, 3.63) is 57.3 Å². The Bertz CT molecular complexity index is 1020. The third-order valence-electron chi connectivity index (χ3n) is 4.20. The Morgan fingerprint density at radius 1 is 1.21 bits per heavy atom. The van der Waals surface area contributed by atoms with E-state index in [1.165, 1.54) is 28.2 Å². The zero-order valence-corrected chi connectivity index (χ0v) is 16.9. The number of benzene rings is 1. The number of unbranched alkanes of at least 4 members (excludes halogenated alkanes) is 1. The van der Waals surface area contributed by atoms with E-state index in [4.69, 9.17) is 4.74 Å². The van der Waals surface area contributed by atoms with Crippen molar-refractivity contribution in [3.63, 3.8) is 0 Å². The highest BCUT2D eigenvalue weighted by atomic mass is 32.1. The molecule has 0 saturated carbocycles. The van der Waals surface area contributed by atoms with Crippen molar-refractivity contribution in [2.45, 2.75) is 33.2 Å². The van der Waals surface area contributed by atoms with E-state index < -0.39 is 0 Å². The van der Waals surface area contributed by atoms with E-state index in [1.54, 1.807) is 7.11 Å². The largest absolute Gasteiger partial charge is 0.497 e. The Balaban J connectivity index is 1.78. The van der Waals surface area contributed by atoms with Gasteiger partial charge in [-0.05, 0) is 43.7 Å². The number of aryl methyl sites for hydroxylation is 2. The summed E-state index contributed by atoms with van der Waals surface area (Å²) in [5.41, 5.74) is 1.73. The molecule has 3 rings (SSSR count). The monoisotopic (exact) mass is 398 g/mol. The third-order valence-corrected chi connectivity index (χ3v) is 5.09. The van der Waals surface area contributed by atoms with Crippen LogP contribution < -0.4 is 15.6 Å². The fourth-order valence-corrected chi connectivity index (χ4v) is 3.50. The highest BCUT2D eigenvalue weighted by Crippen LogP contribution is 2.31. The molecule has 1 amide bonds. The lowest BCUT2D eigenvalue weighted by Gasteiger charge is -2.06. The van der Waals surface area contributed by atoms with Crippen molar-refractivity contribution >= 4 is 22.4 Å². The number of anilines is 1. The molecule has 7 nitrogen and oxygen atoms in total. The molecule has 0 radical (unpaired) electrons. The van der Waals surface area contributed by atoms with Crippen molar-refractivity contribution in [3.8, 4) is 17.0 Å². The normalized spacial score (nSPS) is 10.7. The molecule has 2 heterocycles. The number of carbonyl (C=O) groups excluding carboxylic acids is 1. The topological polar surface area (TPSA) is 86.1 Å². The van der Waals surface area contributed by atoms with E-state index in [0.29, 0.717) is 11.7 Å². The maximum atomic E-state index is 12.6. The quantitative estimate of drug-likeness (QED) is 0.655. The van der Waals surface area contributed by atoms with Gasteiger partial charge in [0.1, 0.15) is 11.4 Å². The molecule has 0 saturated heterocycles. The minimum Gasteiger partial charge on any atom is -0.497 e. The van der Waals surface area contributed by atoms with Crippen LogP contribution in [-0.4, -0.2) is 27.8 Å². The summed E-state index contributed by atoms with van der Waals surface area (Å²) in [6, 6.07) is 10.4. The Morgan fingerprint density at radius 2 is 1.96 bits per heavy atom. The molecule has 0 aliphatic carbocycles. The predicted molar refractivity (Wildman–Crippen MR) is 110 cm³/mol. The molecule has 8 heteroatoms. The minimum atomic E-state index is -0.389. The first kappa shape index (κ1) is 19.8. The summed E-state index contributed by atoms with van der Waals surface area (Å²) in [7, 11) is 1.62. The van der Waals surface area contributed by atoms with Gasteiger partial charge in [0.25, 0.3) is 11.5 Å². The van der Waals surface area contributed by atoms with Crippen LogP contribution in [0.2, 0.25) is 0 Å². The standard InChI is InChI=1S/C20H22N4O3S/c1-4-5-12-24-17(25)11-10-16(23-24)19(26)22-20-21-18(13(2)28-20)14-6-8-15(27-3)9-7-14/h6-11H,4-5,12H2,1-3H3,(H,21,22,26). The predicted octanol–water partition coefficient (Wildman–Crippen LogP) is 3.74. The van der Waals surface area contributed by atoms with Gasteiger partial charge in [0.05, 0.1) is 12.8 Å². The van der Waals surface area contributed by atoms with Gasteiger partial charge in [-0.25, -0.2) is 9.67 Å². The number of ether oxygens (including phenoxy) is 1. The first-order valence-electron chi connectivity index (χ1n) is 9.03. The van der Waals surface area contributed by atoms with Crippen LogP contribution in [0, 0.1) is 6.92 Å². The summed E-state index contributed by atoms with van der Waals surface area (Å²) in [6.45, 7) is 4.48. The summed E-state index contributed by atoms with van der Waals surface area (Å²) in [6.07, 6.45) is 1.77. The van der Waals surface area contributed by atoms with Gasteiger partial charge < -0.3 is 4.74 Å². The van der Waals surface area contributed by atoms with E-state index in [-0.39, 0.29) is 17.2 Å². The Labute approximate surface area is 167 Å². The van der Waals surface area contributed by atoms with Crippen LogP contribution >= 0.6 is 11.3 Å². The first-order chi connectivity index (χ1) is 13.5. The number of aromatic nitrogens is 3. The SMILES string of the molecule is CCCCn1nc(C(=O)Nc2nc(-c3ccc(OC)cc3)c(C)s2)ccc1=O. The van der Waals surface area contributed by atoms with Crippen LogP contribution in [0.4, 0.5) is 5.13 Å². The van der Waals surface area contributed by atoms with Gasteiger partial charge in [0, 0.05) is 23.1 Å². The summed E-state index contributed by atoms with van der Waals surface area (Å²) >= 11 is 1.39. The fraction of sp³-hybridized carbons (Fsp3) is 0.300. The van der Waals surface area contributed by atoms with Crippen LogP contribution in [0.3, 0.4) is 0 Å². The summed E-state index contributed by atoms with van der Waals surface area (Å²) in [5.74, 6) is 0.384. The Kier molecular flexibility index (Phi) is 6.20. The second-order valence-corrected chi connectivity index (χ2v) is 7.44. The van der Waals surface area contributed by atoms with E-state index in [9.17, 15) is 9.59 Å². The molecular formula is C20H22N4O3S. The van der Waals surface area contributed by atoms with Gasteiger partial charge in [-0.3, -0.25) is 14.9 Å². The van der Waals surface area contributed by atoms with Gasteiger partial charge in [-0.15, -0.1) is 11.3 Å². The molecule has 28 heavy (non-hydrogen) atoms. The lowest BCUT2D eigenvalue weighted by Crippen LogP contribution is -2.26. The highest BCUT2D eigenvalue weighted by molar-refractivity contribution is 7.16. The molecule has 0 bridgehead atoms. The maximum absolute atomic E-state index is 12.6. The molecule has 0 aliphatic rings. The molecule has 1 N–H and O–H groups in total. The number of thiazole rings is 1. The van der Waals surface area contributed by atoms with Gasteiger partial charge >= 0.3 is 0 Å². The van der Waals surface area contributed by atoms with Crippen LogP contribution in [-0.2, 0) is 6.54 Å². The molecular weight excluding hydrogens is 376 g/mol. The third kappa shape index (κ3) is 4.45. The number of amides is 1. The minimum absolute atomic E-state index is 0.189. The highest BCUT2D eigenvalue weighted by Gasteiger charge is 2.15. The van der Waals surface area contributed by atoms with Gasteiger partial charge in [0.15, 0.2) is 5.13 Å². The second kappa shape index (κ2) is 8.79. The molecule has 0 aliphatic heterocycles. The average molecular weight is 398 g/mol.